The van der Waals surface area contributed by atoms with Crippen LogP contribution in [0.3, 0.4) is 0 Å². The lowest BCUT2D eigenvalue weighted by Gasteiger charge is -2.18. The minimum Gasteiger partial charge on any atom is -0.491 e. The van der Waals surface area contributed by atoms with Crippen molar-refractivity contribution >= 4 is 0 Å². The van der Waals surface area contributed by atoms with Crippen LogP contribution >= 0.6 is 0 Å². The highest BCUT2D eigenvalue weighted by molar-refractivity contribution is 5.42. The summed E-state index contributed by atoms with van der Waals surface area (Å²) in [5.41, 5.74) is 0.547. The van der Waals surface area contributed by atoms with E-state index in [2.05, 4.69) is 12.1 Å². The van der Waals surface area contributed by atoms with Gasteiger partial charge in [-0.2, -0.15) is 10.5 Å². The van der Waals surface area contributed by atoms with E-state index in [4.69, 9.17) is 15.3 Å². The average molecular weight is 243 g/mol. The van der Waals surface area contributed by atoms with Gasteiger partial charge in [0.2, 0.25) is 0 Å². The molecule has 0 heterocycles. The van der Waals surface area contributed by atoms with Gasteiger partial charge in [-0.1, -0.05) is 12.1 Å². The lowest BCUT2D eigenvalue weighted by atomic mass is 10.2. The summed E-state index contributed by atoms with van der Waals surface area (Å²) < 4.78 is 5.57. The first-order valence-corrected chi connectivity index (χ1v) is 5.87. The standard InChI is InChI=1S/C14H17N3O/c1-12(9-15)11-17(2)7-8-18-14-6-4-3-5-13(14)10-16/h3-6,12H,7-8,11H2,1-2H3. The number of para-hydroxylation sites is 1. The van der Waals surface area contributed by atoms with E-state index in [1.54, 1.807) is 12.1 Å². The lowest BCUT2D eigenvalue weighted by molar-refractivity contribution is 0.228. The number of hydrogen-bond donors (Lipinski definition) is 0. The zero-order chi connectivity index (χ0) is 13.4. The van der Waals surface area contributed by atoms with Gasteiger partial charge < -0.3 is 9.64 Å². The van der Waals surface area contributed by atoms with Crippen molar-refractivity contribution < 1.29 is 4.74 Å². The van der Waals surface area contributed by atoms with Gasteiger partial charge in [-0.3, -0.25) is 0 Å². The summed E-state index contributed by atoms with van der Waals surface area (Å²) in [5, 5.41) is 17.6. The number of nitriles is 2. The Hall–Kier alpha value is -2.04. The van der Waals surface area contributed by atoms with E-state index in [1.807, 2.05) is 31.0 Å². The van der Waals surface area contributed by atoms with Crippen LogP contribution in [-0.2, 0) is 0 Å². The number of benzene rings is 1. The molecule has 1 rings (SSSR count). The van der Waals surface area contributed by atoms with Crippen molar-refractivity contribution in [2.45, 2.75) is 6.92 Å². The van der Waals surface area contributed by atoms with Gasteiger partial charge >= 0.3 is 0 Å². The molecule has 1 unspecified atom stereocenters. The Morgan fingerprint density at radius 1 is 1.33 bits per heavy atom. The van der Waals surface area contributed by atoms with Gasteiger partial charge in [0.1, 0.15) is 18.4 Å². The van der Waals surface area contributed by atoms with Crippen LogP contribution in [-0.4, -0.2) is 31.6 Å². The second-order valence-corrected chi connectivity index (χ2v) is 4.25. The van der Waals surface area contributed by atoms with E-state index in [9.17, 15) is 0 Å². The minimum absolute atomic E-state index is 0.0152. The van der Waals surface area contributed by atoms with Crippen molar-refractivity contribution in [2.24, 2.45) is 5.92 Å². The molecule has 0 spiro atoms. The molecule has 4 heteroatoms. The molecule has 0 bridgehead atoms. The fourth-order valence-electron chi connectivity index (χ4n) is 1.60. The zero-order valence-electron chi connectivity index (χ0n) is 10.8. The van der Waals surface area contributed by atoms with Crippen LogP contribution < -0.4 is 4.74 Å². The van der Waals surface area contributed by atoms with Crippen LogP contribution in [0.4, 0.5) is 0 Å². The van der Waals surface area contributed by atoms with Gasteiger partial charge in [0.15, 0.2) is 0 Å². The van der Waals surface area contributed by atoms with Gasteiger partial charge in [0.25, 0.3) is 0 Å². The van der Waals surface area contributed by atoms with E-state index in [0.29, 0.717) is 17.9 Å². The third-order valence-electron chi connectivity index (χ3n) is 2.54. The highest BCUT2D eigenvalue weighted by Gasteiger charge is 2.06. The molecule has 4 nitrogen and oxygen atoms in total. The number of ether oxygens (including phenoxy) is 1. The molecule has 0 aliphatic heterocycles. The zero-order valence-corrected chi connectivity index (χ0v) is 10.8. The monoisotopic (exact) mass is 243 g/mol. The molecule has 0 aliphatic carbocycles. The van der Waals surface area contributed by atoms with Crippen molar-refractivity contribution in [1.29, 1.82) is 10.5 Å². The van der Waals surface area contributed by atoms with Gasteiger partial charge in [-0.15, -0.1) is 0 Å². The summed E-state index contributed by atoms with van der Waals surface area (Å²) in [6, 6.07) is 11.5. The molecule has 0 aliphatic rings. The van der Waals surface area contributed by atoms with Crippen LogP contribution in [0.2, 0.25) is 0 Å². The van der Waals surface area contributed by atoms with Crippen molar-refractivity contribution in [3.05, 3.63) is 29.8 Å². The fourth-order valence-corrected chi connectivity index (χ4v) is 1.60. The van der Waals surface area contributed by atoms with Crippen LogP contribution in [0.1, 0.15) is 12.5 Å². The maximum atomic E-state index is 8.90. The quantitative estimate of drug-likeness (QED) is 0.767. The molecule has 0 fully saturated rings. The van der Waals surface area contributed by atoms with Crippen molar-refractivity contribution in [2.75, 3.05) is 26.7 Å². The molecule has 1 aromatic rings. The van der Waals surface area contributed by atoms with Crippen molar-refractivity contribution in [3.63, 3.8) is 0 Å². The summed E-state index contributed by atoms with van der Waals surface area (Å²) >= 11 is 0. The predicted molar refractivity (Wildman–Crippen MR) is 68.9 cm³/mol. The van der Waals surface area contributed by atoms with Crippen molar-refractivity contribution in [3.8, 4) is 17.9 Å². The summed E-state index contributed by atoms with van der Waals surface area (Å²) in [6.07, 6.45) is 0. The first-order chi connectivity index (χ1) is 8.67. The molecule has 1 aromatic carbocycles. The van der Waals surface area contributed by atoms with Gasteiger partial charge in [0.05, 0.1) is 17.6 Å². The lowest BCUT2D eigenvalue weighted by Crippen LogP contribution is -2.28. The first-order valence-electron chi connectivity index (χ1n) is 5.87. The Labute approximate surface area is 108 Å². The highest BCUT2D eigenvalue weighted by Crippen LogP contribution is 2.16. The fraction of sp³-hybridized carbons (Fsp3) is 0.429. The van der Waals surface area contributed by atoms with E-state index >= 15 is 0 Å². The second-order valence-electron chi connectivity index (χ2n) is 4.25. The summed E-state index contributed by atoms with van der Waals surface area (Å²) in [6.45, 7) is 3.85. The minimum atomic E-state index is 0.0152. The summed E-state index contributed by atoms with van der Waals surface area (Å²) in [4.78, 5) is 2.04. The van der Waals surface area contributed by atoms with Crippen LogP contribution in [0.25, 0.3) is 0 Å². The molecule has 0 N–H and O–H groups in total. The van der Waals surface area contributed by atoms with Crippen LogP contribution in [0, 0.1) is 28.6 Å². The molecule has 94 valence electrons. The average Bonchev–Trinajstić information content (AvgIpc) is 2.39. The van der Waals surface area contributed by atoms with Crippen molar-refractivity contribution in [1.82, 2.24) is 4.90 Å². The van der Waals surface area contributed by atoms with Crippen LogP contribution in [0.15, 0.2) is 24.3 Å². The molecular weight excluding hydrogens is 226 g/mol. The normalized spacial score (nSPS) is 11.6. The van der Waals surface area contributed by atoms with E-state index in [-0.39, 0.29) is 5.92 Å². The molecular formula is C14H17N3O. The third kappa shape index (κ3) is 4.45. The molecule has 0 radical (unpaired) electrons. The van der Waals surface area contributed by atoms with Crippen LogP contribution in [0.5, 0.6) is 5.75 Å². The van der Waals surface area contributed by atoms with Gasteiger partial charge in [0, 0.05) is 13.1 Å². The molecule has 0 aromatic heterocycles. The number of nitrogens with zero attached hydrogens (tertiary/aromatic N) is 3. The molecule has 0 saturated carbocycles. The Balaban J connectivity index is 2.38. The van der Waals surface area contributed by atoms with E-state index in [0.717, 1.165) is 13.1 Å². The largest absolute Gasteiger partial charge is 0.491 e. The number of likely N-dealkylation sites (N-methyl/N-ethyl adjacent to an activating group) is 1. The number of hydrogen-bond acceptors (Lipinski definition) is 4. The Bertz CT molecular complexity index is 459. The van der Waals surface area contributed by atoms with Gasteiger partial charge in [-0.05, 0) is 26.1 Å². The Kier molecular flexibility index (Phi) is 5.70. The summed E-state index contributed by atoms with van der Waals surface area (Å²) in [5.74, 6) is 0.628. The predicted octanol–water partition coefficient (Wildman–Crippen LogP) is 2.03. The Morgan fingerprint density at radius 2 is 2.06 bits per heavy atom. The second kappa shape index (κ2) is 7.32. The van der Waals surface area contributed by atoms with E-state index < -0.39 is 0 Å². The molecule has 0 saturated heterocycles. The summed E-state index contributed by atoms with van der Waals surface area (Å²) in [7, 11) is 1.95. The Morgan fingerprint density at radius 3 is 2.72 bits per heavy atom. The van der Waals surface area contributed by atoms with Gasteiger partial charge in [-0.25, -0.2) is 0 Å². The smallest absolute Gasteiger partial charge is 0.137 e. The topological polar surface area (TPSA) is 60.1 Å². The SMILES string of the molecule is CC(C#N)CN(C)CCOc1ccccc1C#N. The maximum absolute atomic E-state index is 8.90. The highest BCUT2D eigenvalue weighted by atomic mass is 16.5. The van der Waals surface area contributed by atoms with E-state index in [1.165, 1.54) is 0 Å². The maximum Gasteiger partial charge on any atom is 0.137 e. The number of rotatable bonds is 6. The molecule has 0 amide bonds. The molecule has 18 heavy (non-hydrogen) atoms. The first kappa shape index (κ1) is 14.0. The molecule has 1 atom stereocenters. The third-order valence-corrected chi connectivity index (χ3v) is 2.54.